The van der Waals surface area contributed by atoms with Crippen LogP contribution in [-0.2, 0) is 6.54 Å². The summed E-state index contributed by atoms with van der Waals surface area (Å²) in [5.74, 6) is -0.370. The summed E-state index contributed by atoms with van der Waals surface area (Å²) in [6.45, 7) is 2.97. The fourth-order valence-corrected chi connectivity index (χ4v) is 2.04. The molecule has 104 valence electrons. The Bertz CT molecular complexity index is 597. The van der Waals surface area contributed by atoms with Gasteiger partial charge in [0, 0.05) is 13.1 Å². The normalized spacial score (nSPS) is 10.2. The van der Waals surface area contributed by atoms with E-state index in [0.29, 0.717) is 13.1 Å². The molecule has 0 atom stereocenters. The molecule has 0 saturated carbocycles. The van der Waals surface area contributed by atoms with Gasteiger partial charge in [-0.05, 0) is 24.6 Å². The van der Waals surface area contributed by atoms with Gasteiger partial charge in [-0.1, -0.05) is 36.4 Å². The number of benzene rings is 2. The van der Waals surface area contributed by atoms with Gasteiger partial charge >= 0.3 is 0 Å². The highest BCUT2D eigenvalue weighted by atomic mass is 16.3. The van der Waals surface area contributed by atoms with Crippen LogP contribution in [0.4, 0.5) is 5.69 Å². The van der Waals surface area contributed by atoms with E-state index in [1.807, 2.05) is 37.3 Å². The number of carbonyl (C=O) groups is 1. The maximum Gasteiger partial charge on any atom is 0.257 e. The van der Waals surface area contributed by atoms with E-state index in [1.165, 1.54) is 0 Å². The van der Waals surface area contributed by atoms with Crippen LogP contribution in [0.2, 0.25) is 0 Å². The van der Waals surface area contributed by atoms with E-state index in [2.05, 4.69) is 0 Å². The van der Waals surface area contributed by atoms with Crippen LogP contribution in [0.1, 0.15) is 22.8 Å². The van der Waals surface area contributed by atoms with Crippen LogP contribution in [0.5, 0.6) is 5.75 Å². The minimum atomic E-state index is -0.221. The number of aromatic hydroxyl groups is 1. The highest BCUT2D eigenvalue weighted by molar-refractivity contribution is 5.98. The number of rotatable bonds is 4. The van der Waals surface area contributed by atoms with Crippen molar-refractivity contribution in [3.63, 3.8) is 0 Å². The summed E-state index contributed by atoms with van der Waals surface area (Å²) in [5, 5.41) is 9.91. The van der Waals surface area contributed by atoms with Crippen molar-refractivity contribution in [2.45, 2.75) is 13.5 Å². The summed E-state index contributed by atoms with van der Waals surface area (Å²) in [6.07, 6.45) is 0. The van der Waals surface area contributed by atoms with E-state index in [1.54, 1.807) is 23.1 Å². The standard InChI is InChI=1S/C16H18N2O2/c1-2-18(11-12-7-4-3-5-8-12)16(20)13-9-6-10-14(17)15(13)19/h3-10,19H,2,11,17H2,1H3. The Balaban J connectivity index is 2.23. The van der Waals surface area contributed by atoms with Crippen LogP contribution in [-0.4, -0.2) is 22.5 Å². The topological polar surface area (TPSA) is 66.6 Å². The van der Waals surface area contributed by atoms with Crippen LogP contribution in [0, 0.1) is 0 Å². The Morgan fingerprint density at radius 2 is 1.85 bits per heavy atom. The summed E-state index contributed by atoms with van der Waals surface area (Å²) >= 11 is 0. The fourth-order valence-electron chi connectivity index (χ4n) is 2.04. The lowest BCUT2D eigenvalue weighted by Crippen LogP contribution is -2.30. The van der Waals surface area contributed by atoms with Crippen molar-refractivity contribution in [1.82, 2.24) is 4.90 Å². The number of para-hydroxylation sites is 1. The summed E-state index contributed by atoms with van der Waals surface area (Å²) in [6, 6.07) is 14.6. The Morgan fingerprint density at radius 1 is 1.15 bits per heavy atom. The van der Waals surface area contributed by atoms with E-state index >= 15 is 0 Å². The number of amides is 1. The number of hydrogen-bond donors (Lipinski definition) is 2. The zero-order valence-corrected chi connectivity index (χ0v) is 11.4. The lowest BCUT2D eigenvalue weighted by atomic mass is 10.1. The van der Waals surface area contributed by atoms with Gasteiger partial charge < -0.3 is 15.7 Å². The van der Waals surface area contributed by atoms with Crippen molar-refractivity contribution in [3.05, 3.63) is 59.7 Å². The van der Waals surface area contributed by atoms with Crippen molar-refractivity contribution >= 4 is 11.6 Å². The molecular formula is C16H18N2O2. The number of nitrogen functional groups attached to an aromatic ring is 1. The molecule has 0 bridgehead atoms. The molecule has 0 aliphatic rings. The summed E-state index contributed by atoms with van der Waals surface area (Å²) in [5.41, 5.74) is 7.13. The molecule has 0 unspecified atom stereocenters. The number of phenols is 1. The second-order valence-corrected chi connectivity index (χ2v) is 4.55. The maximum atomic E-state index is 12.5. The van der Waals surface area contributed by atoms with Crippen molar-refractivity contribution in [1.29, 1.82) is 0 Å². The van der Waals surface area contributed by atoms with Crippen molar-refractivity contribution in [3.8, 4) is 5.75 Å². The van der Waals surface area contributed by atoms with E-state index in [9.17, 15) is 9.90 Å². The number of nitrogens with two attached hydrogens (primary N) is 1. The number of phenolic OH excluding ortho intramolecular Hbond substituents is 1. The molecule has 1 amide bonds. The molecule has 20 heavy (non-hydrogen) atoms. The van der Waals surface area contributed by atoms with Crippen molar-refractivity contribution in [2.75, 3.05) is 12.3 Å². The molecule has 0 aliphatic heterocycles. The van der Waals surface area contributed by atoms with E-state index < -0.39 is 0 Å². The number of carbonyl (C=O) groups excluding carboxylic acids is 1. The predicted molar refractivity (Wildman–Crippen MR) is 79.4 cm³/mol. The molecule has 0 fully saturated rings. The molecule has 2 rings (SSSR count). The number of hydrogen-bond acceptors (Lipinski definition) is 3. The van der Waals surface area contributed by atoms with Crippen molar-refractivity contribution in [2.24, 2.45) is 0 Å². The molecule has 0 aliphatic carbocycles. The lowest BCUT2D eigenvalue weighted by molar-refractivity contribution is 0.0749. The van der Waals surface area contributed by atoms with Gasteiger partial charge in [-0.25, -0.2) is 0 Å². The predicted octanol–water partition coefficient (Wildman–Crippen LogP) is 2.64. The summed E-state index contributed by atoms with van der Waals surface area (Å²) in [4.78, 5) is 14.1. The van der Waals surface area contributed by atoms with Gasteiger partial charge in [-0.15, -0.1) is 0 Å². The van der Waals surface area contributed by atoms with Gasteiger partial charge in [0.05, 0.1) is 11.3 Å². The largest absolute Gasteiger partial charge is 0.505 e. The molecule has 4 nitrogen and oxygen atoms in total. The van der Waals surface area contributed by atoms with Crippen LogP contribution >= 0.6 is 0 Å². The maximum absolute atomic E-state index is 12.5. The van der Waals surface area contributed by atoms with Gasteiger partial charge in [-0.3, -0.25) is 4.79 Å². The molecular weight excluding hydrogens is 252 g/mol. The van der Waals surface area contributed by atoms with Crippen LogP contribution < -0.4 is 5.73 Å². The first-order chi connectivity index (χ1) is 9.63. The Labute approximate surface area is 118 Å². The molecule has 0 heterocycles. The average Bonchev–Trinajstić information content (AvgIpc) is 2.48. The second-order valence-electron chi connectivity index (χ2n) is 4.55. The smallest absolute Gasteiger partial charge is 0.257 e. The molecule has 3 N–H and O–H groups in total. The quantitative estimate of drug-likeness (QED) is 0.663. The first kappa shape index (κ1) is 13.9. The fraction of sp³-hybridized carbons (Fsp3) is 0.188. The summed E-state index contributed by atoms with van der Waals surface area (Å²) in [7, 11) is 0. The minimum Gasteiger partial charge on any atom is -0.505 e. The zero-order chi connectivity index (χ0) is 14.5. The Hall–Kier alpha value is -2.49. The Morgan fingerprint density at radius 3 is 2.50 bits per heavy atom. The highest BCUT2D eigenvalue weighted by Gasteiger charge is 2.18. The van der Waals surface area contributed by atoms with Gasteiger partial charge in [-0.2, -0.15) is 0 Å². The first-order valence-corrected chi connectivity index (χ1v) is 6.54. The van der Waals surface area contributed by atoms with E-state index in [4.69, 9.17) is 5.73 Å². The van der Waals surface area contributed by atoms with Crippen LogP contribution in [0.15, 0.2) is 48.5 Å². The molecule has 4 heteroatoms. The Kier molecular flexibility index (Phi) is 4.25. The van der Waals surface area contributed by atoms with E-state index in [0.717, 1.165) is 5.56 Å². The molecule has 0 aromatic heterocycles. The lowest BCUT2D eigenvalue weighted by Gasteiger charge is -2.21. The molecule has 2 aromatic carbocycles. The summed E-state index contributed by atoms with van der Waals surface area (Å²) < 4.78 is 0. The third kappa shape index (κ3) is 2.91. The third-order valence-corrected chi connectivity index (χ3v) is 3.18. The third-order valence-electron chi connectivity index (χ3n) is 3.18. The monoisotopic (exact) mass is 270 g/mol. The first-order valence-electron chi connectivity index (χ1n) is 6.54. The molecule has 2 aromatic rings. The van der Waals surface area contributed by atoms with Gasteiger partial charge in [0.25, 0.3) is 5.91 Å². The zero-order valence-electron chi connectivity index (χ0n) is 11.4. The van der Waals surface area contributed by atoms with Gasteiger partial charge in [0.2, 0.25) is 0 Å². The number of anilines is 1. The van der Waals surface area contributed by atoms with Crippen LogP contribution in [0.3, 0.4) is 0 Å². The average molecular weight is 270 g/mol. The van der Waals surface area contributed by atoms with Gasteiger partial charge in [0.1, 0.15) is 0 Å². The number of nitrogens with zero attached hydrogens (tertiary/aromatic N) is 1. The highest BCUT2D eigenvalue weighted by Crippen LogP contribution is 2.26. The van der Waals surface area contributed by atoms with Crippen molar-refractivity contribution < 1.29 is 9.90 Å². The molecule has 0 radical (unpaired) electrons. The van der Waals surface area contributed by atoms with Gasteiger partial charge in [0.15, 0.2) is 5.75 Å². The molecule has 0 spiro atoms. The SMILES string of the molecule is CCN(Cc1ccccc1)C(=O)c1cccc(N)c1O. The molecule has 0 saturated heterocycles. The van der Waals surface area contributed by atoms with E-state index in [-0.39, 0.29) is 22.9 Å². The second kappa shape index (κ2) is 6.10. The minimum absolute atomic E-state index is 0.149. The van der Waals surface area contributed by atoms with Crippen LogP contribution in [0.25, 0.3) is 0 Å².